The zero-order valence-corrected chi connectivity index (χ0v) is 29.7. The van der Waals surface area contributed by atoms with Crippen LogP contribution in [0.3, 0.4) is 0 Å². The zero-order chi connectivity index (χ0) is 35.8. The van der Waals surface area contributed by atoms with Crippen LogP contribution >= 0.6 is 11.3 Å². The average molecular weight is 716 g/mol. The van der Waals surface area contributed by atoms with Crippen LogP contribution in [0.2, 0.25) is 0 Å². The number of pyridine rings is 1. The molecule has 1 saturated carbocycles. The third-order valence-electron chi connectivity index (χ3n) is 10.3. The molecule has 2 aromatic carbocycles. The number of aliphatic hydroxyl groups is 1. The number of fused-ring (bicyclic) bond motifs is 2. The largest absolute Gasteiger partial charge is 0.506 e. The maximum Gasteiger partial charge on any atom is 0.327 e. The summed E-state index contributed by atoms with van der Waals surface area (Å²) in [6.45, 7) is 2.52. The first-order valence-corrected chi connectivity index (χ1v) is 18.9. The Morgan fingerprint density at radius 1 is 1.00 bits per heavy atom. The van der Waals surface area contributed by atoms with Crippen LogP contribution in [0.25, 0.3) is 10.9 Å². The molecule has 0 spiro atoms. The number of thiophene rings is 1. The number of rotatable bonds is 16. The van der Waals surface area contributed by atoms with Crippen molar-refractivity contribution in [1.29, 1.82) is 0 Å². The number of carbonyl (C=O) groups is 2. The number of nitrogens with one attached hydrogen (secondary N) is 4. The van der Waals surface area contributed by atoms with Gasteiger partial charge in [-0.15, -0.1) is 11.3 Å². The van der Waals surface area contributed by atoms with E-state index in [4.69, 9.17) is 10.5 Å². The number of H-pyrrole nitrogens is 1. The normalized spacial score (nSPS) is 18.7. The van der Waals surface area contributed by atoms with E-state index in [1.165, 1.54) is 23.5 Å². The summed E-state index contributed by atoms with van der Waals surface area (Å²) in [5.41, 5.74) is 7.94. The molecular formula is C39H49N5O6S. The topological polar surface area (TPSA) is 179 Å². The number of benzene rings is 2. The molecule has 0 radical (unpaired) electrons. The van der Waals surface area contributed by atoms with Crippen LogP contribution in [0.1, 0.15) is 82.3 Å². The molecule has 0 aliphatic heterocycles. The summed E-state index contributed by atoms with van der Waals surface area (Å²) in [7, 11) is 0. The summed E-state index contributed by atoms with van der Waals surface area (Å²) in [6, 6.07) is 18.0. The predicted molar refractivity (Wildman–Crippen MR) is 199 cm³/mol. The zero-order valence-electron chi connectivity index (χ0n) is 28.9. The van der Waals surface area contributed by atoms with Crippen LogP contribution in [-0.2, 0) is 28.9 Å². The molecule has 1 fully saturated rings. The number of ether oxygens (including phenoxy) is 1. The molecule has 4 aromatic rings. The molecule has 51 heavy (non-hydrogen) atoms. The van der Waals surface area contributed by atoms with Gasteiger partial charge in [-0.3, -0.25) is 19.7 Å². The van der Waals surface area contributed by atoms with Crippen molar-refractivity contribution < 1.29 is 24.5 Å². The predicted octanol–water partition coefficient (Wildman–Crippen LogP) is 4.21. The first-order valence-electron chi connectivity index (χ1n) is 18.1. The van der Waals surface area contributed by atoms with E-state index < -0.39 is 11.6 Å². The molecule has 0 saturated heterocycles. The highest BCUT2D eigenvalue weighted by atomic mass is 32.1. The molecule has 2 aliphatic rings. The fourth-order valence-corrected chi connectivity index (χ4v) is 8.36. The van der Waals surface area contributed by atoms with Gasteiger partial charge in [-0.2, -0.15) is 0 Å². The molecular weight excluding hydrogens is 667 g/mol. The number of carbonyl (C=O) groups excluding carboxylic acids is 2. The summed E-state index contributed by atoms with van der Waals surface area (Å²) in [6.07, 6.45) is 6.77. The fourth-order valence-electron chi connectivity index (χ4n) is 7.49. The molecule has 11 nitrogen and oxygen atoms in total. The van der Waals surface area contributed by atoms with E-state index in [9.17, 15) is 24.6 Å². The van der Waals surface area contributed by atoms with Crippen LogP contribution in [0, 0.1) is 5.92 Å². The second-order valence-electron chi connectivity index (χ2n) is 13.9. The second-order valence-corrected chi connectivity index (χ2v) is 15.0. The molecule has 2 aromatic heterocycles. The quantitative estimate of drug-likeness (QED) is 0.0662. The molecule has 1 unspecified atom stereocenters. The van der Waals surface area contributed by atoms with E-state index in [1.54, 1.807) is 12.1 Å². The van der Waals surface area contributed by atoms with Gasteiger partial charge in [0.1, 0.15) is 17.4 Å². The summed E-state index contributed by atoms with van der Waals surface area (Å²) < 4.78 is 6.29. The highest BCUT2D eigenvalue weighted by Crippen LogP contribution is 2.35. The van der Waals surface area contributed by atoms with Crippen molar-refractivity contribution >= 4 is 34.1 Å². The van der Waals surface area contributed by atoms with Crippen molar-refractivity contribution in [1.82, 2.24) is 20.9 Å². The number of phenolic OH excluding ortho intramolecular Hbond substituents is 1. The molecule has 3 atom stereocenters. The highest BCUT2D eigenvalue weighted by Gasteiger charge is 2.46. The summed E-state index contributed by atoms with van der Waals surface area (Å²) in [5.74, 6) is -0.0598. The van der Waals surface area contributed by atoms with Crippen LogP contribution in [0.15, 0.2) is 65.5 Å². The molecule has 2 aliphatic carbocycles. The third-order valence-corrected chi connectivity index (χ3v) is 11.4. The van der Waals surface area contributed by atoms with Gasteiger partial charge in [-0.1, -0.05) is 36.8 Å². The van der Waals surface area contributed by atoms with Crippen molar-refractivity contribution in [2.24, 2.45) is 11.7 Å². The smallest absolute Gasteiger partial charge is 0.327 e. The highest BCUT2D eigenvalue weighted by molar-refractivity contribution is 7.14. The number of aromatic amines is 1. The molecule has 2 heterocycles. The standard InChI is InChI=1S/C39H49N5O6S/c40-18-17-25-7-3-4-10-33(25)50-38(49)39(21-26-8-1-2-9-27(26)22-39)43-23-28-11-15-34(51-28)37(48)42-20-6-5-19-41-24-32(46)29-12-14-31(45)36-30(29)13-16-35(47)44-36/h1-2,8-9,11-16,25,32-33,41,43,45-46H,3-7,10,17-24,40H2,(H,42,48)(H,44,47)/t25?,32-,33-/m0/s1. The van der Waals surface area contributed by atoms with E-state index >= 15 is 0 Å². The van der Waals surface area contributed by atoms with Gasteiger partial charge in [0.2, 0.25) is 5.56 Å². The Hall–Kier alpha value is -4.07. The van der Waals surface area contributed by atoms with E-state index in [-0.39, 0.29) is 29.3 Å². The monoisotopic (exact) mass is 715 g/mol. The van der Waals surface area contributed by atoms with Crippen LogP contribution in [-0.4, -0.2) is 64.9 Å². The van der Waals surface area contributed by atoms with Gasteiger partial charge < -0.3 is 36.3 Å². The first kappa shape index (κ1) is 36.7. The van der Waals surface area contributed by atoms with Gasteiger partial charge in [-0.05, 0) is 98.5 Å². The van der Waals surface area contributed by atoms with Crippen molar-refractivity contribution in [2.75, 3.05) is 26.2 Å². The second kappa shape index (κ2) is 17.0. The lowest BCUT2D eigenvalue weighted by Crippen LogP contribution is -2.55. The van der Waals surface area contributed by atoms with Crippen molar-refractivity contribution in [3.8, 4) is 5.75 Å². The van der Waals surface area contributed by atoms with Crippen molar-refractivity contribution in [2.45, 2.75) is 82.1 Å². The number of unbranched alkanes of at least 4 members (excludes halogenated alkanes) is 1. The lowest BCUT2D eigenvalue weighted by molar-refractivity contribution is -0.162. The maximum absolute atomic E-state index is 14.0. The van der Waals surface area contributed by atoms with Crippen molar-refractivity contribution in [3.63, 3.8) is 0 Å². The Morgan fingerprint density at radius 3 is 2.55 bits per heavy atom. The summed E-state index contributed by atoms with van der Waals surface area (Å²) in [4.78, 5) is 42.8. The third kappa shape index (κ3) is 8.88. The number of aromatic hydroxyl groups is 1. The summed E-state index contributed by atoms with van der Waals surface area (Å²) >= 11 is 1.42. The van der Waals surface area contributed by atoms with Gasteiger partial charge in [0, 0.05) is 48.8 Å². The minimum atomic E-state index is -0.858. The lowest BCUT2D eigenvalue weighted by Gasteiger charge is -2.35. The van der Waals surface area contributed by atoms with Gasteiger partial charge in [0.25, 0.3) is 5.91 Å². The van der Waals surface area contributed by atoms with Crippen LogP contribution < -0.4 is 27.2 Å². The number of phenols is 1. The average Bonchev–Trinajstić information content (AvgIpc) is 3.77. The Morgan fingerprint density at radius 2 is 1.76 bits per heavy atom. The van der Waals surface area contributed by atoms with Crippen molar-refractivity contribution in [3.05, 3.63) is 97.5 Å². The fraction of sp³-hybridized carbons (Fsp3) is 0.462. The maximum atomic E-state index is 14.0. The lowest BCUT2D eigenvalue weighted by atomic mass is 9.84. The van der Waals surface area contributed by atoms with Gasteiger partial charge in [0.05, 0.1) is 16.5 Å². The summed E-state index contributed by atoms with van der Waals surface area (Å²) in [5, 5.41) is 31.2. The number of aromatic nitrogens is 1. The number of hydrogen-bond donors (Lipinski definition) is 7. The number of amides is 1. The minimum absolute atomic E-state index is 0.0447. The van der Waals surface area contributed by atoms with Gasteiger partial charge in [0.15, 0.2) is 0 Å². The molecule has 8 N–H and O–H groups in total. The SMILES string of the molecule is NCCC1CCCC[C@@H]1OC(=O)C1(NCc2ccc(C(=O)NCCCCNC[C@H](O)c3ccc(O)c4[nH]c(=O)ccc34)s2)Cc2ccccc2C1. The van der Waals surface area contributed by atoms with E-state index in [2.05, 4.69) is 33.1 Å². The van der Waals surface area contributed by atoms with E-state index in [1.807, 2.05) is 24.3 Å². The molecule has 1 amide bonds. The van der Waals surface area contributed by atoms with Crippen LogP contribution in [0.5, 0.6) is 5.75 Å². The number of esters is 1. The van der Waals surface area contributed by atoms with Gasteiger partial charge >= 0.3 is 5.97 Å². The van der Waals surface area contributed by atoms with E-state index in [0.29, 0.717) is 72.8 Å². The first-order chi connectivity index (χ1) is 24.8. The Balaban J connectivity index is 0.955. The Bertz CT molecular complexity index is 1850. The van der Waals surface area contributed by atoms with Gasteiger partial charge in [-0.25, -0.2) is 0 Å². The minimum Gasteiger partial charge on any atom is -0.506 e. The Kier molecular flexibility index (Phi) is 12.2. The molecule has 0 bridgehead atoms. The molecule has 12 heteroatoms. The Labute approximate surface area is 302 Å². The molecule has 272 valence electrons. The number of aliphatic hydroxyl groups excluding tert-OH is 1. The molecule has 6 rings (SSSR count). The van der Waals surface area contributed by atoms with E-state index in [0.717, 1.165) is 60.9 Å². The number of nitrogens with two attached hydrogens (primary N) is 1. The van der Waals surface area contributed by atoms with Crippen LogP contribution in [0.4, 0.5) is 0 Å². The number of hydrogen-bond acceptors (Lipinski definition) is 10.